The smallest absolute Gasteiger partial charge is 0.343 e. The molecule has 0 atom stereocenters. The highest BCUT2D eigenvalue weighted by atomic mass is 35.5. The monoisotopic (exact) mass is 574 g/mol. The highest BCUT2D eigenvalue weighted by Crippen LogP contribution is 2.36. The number of hydrogen-bond acceptors (Lipinski definition) is 9. The Hall–Kier alpha value is -4.25. The summed E-state index contributed by atoms with van der Waals surface area (Å²) in [7, 11) is 2.39. The van der Waals surface area contributed by atoms with Gasteiger partial charge in [0.25, 0.3) is 5.91 Å². The Morgan fingerprint density at radius 1 is 1.05 bits per heavy atom. The fourth-order valence-corrected chi connectivity index (χ4v) is 4.24. The molecule has 0 bridgehead atoms. The minimum atomic E-state index is -0.868. The molecule has 1 aliphatic rings. The first-order valence-electron chi connectivity index (χ1n) is 12.2. The number of pyridine rings is 1. The molecule has 1 amide bonds. The number of methoxy groups -OCH3 is 2. The molecule has 2 aromatic rings. The largest absolute Gasteiger partial charge is 0.480 e. The van der Waals surface area contributed by atoms with E-state index in [1.165, 1.54) is 44.8 Å². The second-order valence-electron chi connectivity index (χ2n) is 8.61. The van der Waals surface area contributed by atoms with Crippen molar-refractivity contribution in [1.29, 1.82) is 0 Å². The number of hydrogen-bond donors (Lipinski definition) is 0. The third-order valence-electron chi connectivity index (χ3n) is 5.97. The lowest BCUT2D eigenvalue weighted by molar-refractivity contribution is -0.143. The van der Waals surface area contributed by atoms with E-state index in [4.69, 9.17) is 25.8 Å². The van der Waals surface area contributed by atoms with E-state index < -0.39 is 36.2 Å². The lowest BCUT2D eigenvalue weighted by Gasteiger charge is -2.28. The van der Waals surface area contributed by atoms with E-state index in [2.05, 4.69) is 16.3 Å². The van der Waals surface area contributed by atoms with E-state index in [0.29, 0.717) is 24.8 Å². The average Bonchev–Trinajstić information content (AvgIpc) is 2.97. The van der Waals surface area contributed by atoms with Crippen molar-refractivity contribution in [1.82, 2.24) is 4.98 Å². The molecule has 1 aromatic carbocycles. The molecular weight excluding hydrogens is 547 g/mol. The van der Waals surface area contributed by atoms with Crippen LogP contribution in [0.15, 0.2) is 54.4 Å². The number of amides is 1. The Labute approximate surface area is 235 Å². The Kier molecular flexibility index (Phi) is 10.8. The van der Waals surface area contributed by atoms with Gasteiger partial charge in [-0.2, -0.15) is 0 Å². The van der Waals surface area contributed by atoms with Crippen LogP contribution in [-0.2, 0) is 35.1 Å². The molecule has 10 nitrogen and oxygen atoms in total. The first-order valence-corrected chi connectivity index (χ1v) is 12.6. The SMILES string of the molecule is C=CCOC(=O)C1=C(C(=O)N(Cc2cncc(C(=O)OC)c2)c2cc(OCC(=O)OC)c(Cl)cc2F)CCCC1. The van der Waals surface area contributed by atoms with Gasteiger partial charge in [0.2, 0.25) is 0 Å². The molecule has 1 heterocycles. The van der Waals surface area contributed by atoms with Crippen molar-refractivity contribution in [3.63, 3.8) is 0 Å². The second-order valence-corrected chi connectivity index (χ2v) is 9.02. The van der Waals surface area contributed by atoms with Crippen LogP contribution in [0.4, 0.5) is 10.1 Å². The van der Waals surface area contributed by atoms with Gasteiger partial charge >= 0.3 is 17.9 Å². The first kappa shape index (κ1) is 30.3. The third-order valence-corrected chi connectivity index (χ3v) is 6.27. The van der Waals surface area contributed by atoms with Crippen LogP contribution >= 0.6 is 11.6 Å². The molecule has 40 heavy (non-hydrogen) atoms. The maximum Gasteiger partial charge on any atom is 0.343 e. The summed E-state index contributed by atoms with van der Waals surface area (Å²) in [5, 5.41) is -0.141. The molecule has 212 valence electrons. The van der Waals surface area contributed by atoms with Gasteiger partial charge in [0, 0.05) is 29.6 Å². The predicted octanol–water partition coefficient (Wildman–Crippen LogP) is 4.35. The highest BCUT2D eigenvalue weighted by Gasteiger charge is 2.31. The summed E-state index contributed by atoms with van der Waals surface area (Å²) in [4.78, 5) is 55.6. The summed E-state index contributed by atoms with van der Waals surface area (Å²) in [6.07, 6.45) is 5.97. The number of carbonyl (C=O) groups is 4. The Morgan fingerprint density at radius 2 is 1.77 bits per heavy atom. The van der Waals surface area contributed by atoms with E-state index in [0.717, 1.165) is 11.0 Å². The average molecular weight is 575 g/mol. The van der Waals surface area contributed by atoms with Gasteiger partial charge in [-0.25, -0.2) is 18.8 Å². The van der Waals surface area contributed by atoms with Crippen LogP contribution in [0, 0.1) is 5.82 Å². The van der Waals surface area contributed by atoms with Gasteiger partial charge in [-0.05, 0) is 43.4 Å². The third kappa shape index (κ3) is 7.44. The Balaban J connectivity index is 2.12. The van der Waals surface area contributed by atoms with Crippen molar-refractivity contribution in [2.24, 2.45) is 0 Å². The van der Waals surface area contributed by atoms with E-state index in [1.54, 1.807) is 0 Å². The van der Waals surface area contributed by atoms with Crippen molar-refractivity contribution in [2.45, 2.75) is 32.2 Å². The number of esters is 3. The number of halogens is 2. The van der Waals surface area contributed by atoms with Gasteiger partial charge in [0.15, 0.2) is 6.61 Å². The summed E-state index contributed by atoms with van der Waals surface area (Å²) in [5.41, 5.74) is 0.617. The summed E-state index contributed by atoms with van der Waals surface area (Å²) in [6.45, 7) is 2.74. The molecule has 12 heteroatoms. The number of benzene rings is 1. The number of anilines is 1. The first-order chi connectivity index (χ1) is 19.2. The fourth-order valence-electron chi connectivity index (χ4n) is 4.04. The number of nitrogens with zero attached hydrogens (tertiary/aromatic N) is 2. The Bertz CT molecular complexity index is 1340. The lowest BCUT2D eigenvalue weighted by Crippen LogP contribution is -2.34. The maximum atomic E-state index is 15.4. The van der Waals surface area contributed by atoms with Crippen molar-refractivity contribution in [2.75, 3.05) is 32.3 Å². The van der Waals surface area contributed by atoms with Gasteiger partial charge < -0.3 is 23.8 Å². The quantitative estimate of drug-likeness (QED) is 0.219. The van der Waals surface area contributed by atoms with Crippen molar-refractivity contribution in [3.05, 3.63) is 76.4 Å². The van der Waals surface area contributed by atoms with Crippen LogP contribution in [-0.4, -0.2) is 56.2 Å². The fraction of sp³-hybridized carbons (Fsp3) is 0.321. The predicted molar refractivity (Wildman–Crippen MR) is 142 cm³/mol. The topological polar surface area (TPSA) is 121 Å². The van der Waals surface area contributed by atoms with Crippen LogP contribution in [0.2, 0.25) is 5.02 Å². The zero-order chi connectivity index (χ0) is 29.2. The number of aromatic nitrogens is 1. The molecule has 0 saturated carbocycles. The van der Waals surface area contributed by atoms with Crippen LogP contribution in [0.25, 0.3) is 0 Å². The molecule has 0 N–H and O–H groups in total. The lowest BCUT2D eigenvalue weighted by atomic mass is 9.90. The van der Waals surface area contributed by atoms with Crippen molar-refractivity contribution < 1.29 is 42.5 Å². The maximum absolute atomic E-state index is 15.4. The van der Waals surface area contributed by atoms with Crippen molar-refractivity contribution >= 4 is 41.1 Å². The molecule has 1 aliphatic carbocycles. The molecule has 0 aliphatic heterocycles. The molecule has 0 spiro atoms. The molecular formula is C28H28ClFN2O8. The van der Waals surface area contributed by atoms with Gasteiger partial charge in [0.1, 0.15) is 18.2 Å². The number of rotatable bonds is 11. The van der Waals surface area contributed by atoms with E-state index in [9.17, 15) is 19.2 Å². The summed E-state index contributed by atoms with van der Waals surface area (Å²) in [5.74, 6) is -3.61. The molecule has 3 rings (SSSR count). The molecule has 0 saturated heterocycles. The second kappa shape index (κ2) is 14.2. The molecule has 0 radical (unpaired) electrons. The van der Waals surface area contributed by atoms with Crippen LogP contribution < -0.4 is 9.64 Å². The van der Waals surface area contributed by atoms with E-state index in [1.807, 2.05) is 0 Å². The van der Waals surface area contributed by atoms with Gasteiger partial charge in [-0.3, -0.25) is 9.78 Å². The highest BCUT2D eigenvalue weighted by molar-refractivity contribution is 6.32. The van der Waals surface area contributed by atoms with Crippen LogP contribution in [0.3, 0.4) is 0 Å². The summed E-state index contributed by atoms with van der Waals surface area (Å²) >= 11 is 6.15. The number of ether oxygens (including phenoxy) is 4. The van der Waals surface area contributed by atoms with Gasteiger partial charge in [-0.15, -0.1) is 0 Å². The van der Waals surface area contributed by atoms with E-state index in [-0.39, 0.29) is 52.7 Å². The molecule has 0 fully saturated rings. The van der Waals surface area contributed by atoms with Crippen molar-refractivity contribution in [3.8, 4) is 5.75 Å². The summed E-state index contributed by atoms with van der Waals surface area (Å²) in [6, 6.07) is 3.58. The van der Waals surface area contributed by atoms with Crippen LogP contribution in [0.5, 0.6) is 5.75 Å². The molecule has 1 aromatic heterocycles. The Morgan fingerprint density at radius 3 is 2.45 bits per heavy atom. The zero-order valence-corrected chi connectivity index (χ0v) is 22.8. The molecule has 0 unspecified atom stereocenters. The van der Waals surface area contributed by atoms with Gasteiger partial charge in [-0.1, -0.05) is 24.3 Å². The number of carbonyl (C=O) groups excluding carboxylic acids is 4. The van der Waals surface area contributed by atoms with Gasteiger partial charge in [0.05, 0.1) is 37.0 Å². The standard InChI is InChI=1S/C28H28ClFN2O8/c1-4-9-39-28(36)20-8-6-5-7-19(20)26(34)32(15-17-10-18(14-31-13-17)27(35)38-3)23-12-24(21(29)11-22(23)30)40-16-25(33)37-2/h4,10-14H,1,5-9,15-16H2,2-3H3. The summed E-state index contributed by atoms with van der Waals surface area (Å²) < 4.78 is 35.3. The van der Waals surface area contributed by atoms with E-state index >= 15 is 4.39 Å². The van der Waals surface area contributed by atoms with Crippen LogP contribution in [0.1, 0.15) is 41.6 Å². The zero-order valence-electron chi connectivity index (χ0n) is 22.0. The minimum absolute atomic E-state index is 0.0355. The minimum Gasteiger partial charge on any atom is -0.480 e. The normalized spacial score (nSPS) is 12.8.